The number of nitrogens with two attached hydrogens (primary N) is 1. The Morgan fingerprint density at radius 1 is 1.08 bits per heavy atom. The van der Waals surface area contributed by atoms with Crippen LogP contribution < -0.4 is 5.73 Å². The molecule has 0 aliphatic carbocycles. The van der Waals surface area contributed by atoms with Gasteiger partial charge in [0, 0.05) is 0 Å². The van der Waals surface area contributed by atoms with Gasteiger partial charge in [0.05, 0.1) is 0 Å². The third-order valence-corrected chi connectivity index (χ3v) is 2.98. The van der Waals surface area contributed by atoms with Gasteiger partial charge < -0.3 is 5.73 Å². The van der Waals surface area contributed by atoms with E-state index in [1.54, 1.807) is 0 Å². The van der Waals surface area contributed by atoms with Crippen molar-refractivity contribution in [1.29, 1.82) is 0 Å². The zero-order chi connectivity index (χ0) is 10.5. The van der Waals surface area contributed by atoms with Crippen LogP contribution in [0.5, 0.6) is 0 Å². The standard InChI is InChI=1S/C11H24NO/c1-9(2)11(13,10(3)4)7-5-6-8-12/h9-10H,5-8,12H2,1-4H3. The summed E-state index contributed by atoms with van der Waals surface area (Å²) in [5.74, 6) is 0.426. The summed E-state index contributed by atoms with van der Waals surface area (Å²) in [6.07, 6.45) is 2.71. The van der Waals surface area contributed by atoms with Gasteiger partial charge in [0.1, 0.15) is 5.60 Å². The average Bonchev–Trinajstić information content (AvgIpc) is 2.03. The van der Waals surface area contributed by atoms with Crippen molar-refractivity contribution in [2.45, 2.75) is 52.6 Å². The maximum absolute atomic E-state index is 12.3. The molecule has 2 nitrogen and oxygen atoms in total. The zero-order valence-electron chi connectivity index (χ0n) is 9.47. The molecule has 2 heteroatoms. The average molecular weight is 186 g/mol. The minimum atomic E-state index is -0.755. The normalized spacial score (nSPS) is 12.9. The summed E-state index contributed by atoms with van der Waals surface area (Å²) >= 11 is 0. The maximum atomic E-state index is 12.3. The summed E-state index contributed by atoms with van der Waals surface area (Å²) in [6.45, 7) is 8.79. The molecule has 0 unspecified atom stereocenters. The van der Waals surface area contributed by atoms with Crippen molar-refractivity contribution in [2.24, 2.45) is 17.6 Å². The van der Waals surface area contributed by atoms with E-state index in [1.807, 2.05) is 27.7 Å². The summed E-state index contributed by atoms with van der Waals surface area (Å²) < 4.78 is 0. The topological polar surface area (TPSA) is 45.9 Å². The fourth-order valence-corrected chi connectivity index (χ4v) is 1.79. The molecule has 0 saturated carbocycles. The monoisotopic (exact) mass is 186 g/mol. The Balaban J connectivity index is 4.09. The van der Waals surface area contributed by atoms with Crippen LogP contribution in [0.15, 0.2) is 0 Å². The van der Waals surface area contributed by atoms with Crippen molar-refractivity contribution in [1.82, 2.24) is 0 Å². The van der Waals surface area contributed by atoms with Crippen LogP contribution in [-0.2, 0) is 5.11 Å². The highest BCUT2D eigenvalue weighted by Gasteiger charge is 2.35. The zero-order valence-corrected chi connectivity index (χ0v) is 9.47. The second kappa shape index (κ2) is 5.61. The van der Waals surface area contributed by atoms with Crippen LogP contribution in [0.3, 0.4) is 0 Å². The van der Waals surface area contributed by atoms with Gasteiger partial charge in [-0.2, -0.15) is 0 Å². The van der Waals surface area contributed by atoms with Gasteiger partial charge in [-0.25, -0.2) is 5.11 Å². The molecule has 0 aromatic heterocycles. The van der Waals surface area contributed by atoms with Gasteiger partial charge in [0.25, 0.3) is 0 Å². The Morgan fingerprint density at radius 3 is 1.85 bits per heavy atom. The quantitative estimate of drug-likeness (QED) is 0.637. The highest BCUT2D eigenvalue weighted by molar-refractivity contribution is 4.84. The van der Waals surface area contributed by atoms with Crippen LogP contribution in [0.1, 0.15) is 47.0 Å². The maximum Gasteiger partial charge on any atom is 0.108 e. The van der Waals surface area contributed by atoms with Gasteiger partial charge in [-0.15, -0.1) is 0 Å². The van der Waals surface area contributed by atoms with Gasteiger partial charge in [0.2, 0.25) is 0 Å². The lowest BCUT2D eigenvalue weighted by Crippen LogP contribution is -2.39. The van der Waals surface area contributed by atoms with E-state index in [0.29, 0.717) is 6.54 Å². The molecule has 1 radical (unpaired) electrons. The Kier molecular flexibility index (Phi) is 5.57. The molecule has 13 heavy (non-hydrogen) atoms. The molecule has 0 rings (SSSR count). The van der Waals surface area contributed by atoms with Crippen LogP contribution in [0, 0.1) is 11.8 Å². The third kappa shape index (κ3) is 3.65. The number of rotatable bonds is 6. The minimum absolute atomic E-state index is 0.213. The largest absolute Gasteiger partial charge is 0.330 e. The molecule has 0 aromatic carbocycles. The van der Waals surface area contributed by atoms with Crippen molar-refractivity contribution in [3.8, 4) is 0 Å². The fraction of sp³-hybridized carbons (Fsp3) is 1.00. The molecule has 2 N–H and O–H groups in total. The van der Waals surface area contributed by atoms with E-state index in [4.69, 9.17) is 5.73 Å². The molecule has 0 aliphatic rings. The molecular weight excluding hydrogens is 162 g/mol. The highest BCUT2D eigenvalue weighted by Crippen LogP contribution is 2.31. The van der Waals surface area contributed by atoms with E-state index < -0.39 is 5.60 Å². The second-order valence-corrected chi connectivity index (χ2v) is 4.51. The SMILES string of the molecule is CC(C)C([O])(CCCCN)C(C)C. The minimum Gasteiger partial charge on any atom is -0.330 e. The molecule has 0 aliphatic heterocycles. The smallest absolute Gasteiger partial charge is 0.108 e. The first kappa shape index (κ1) is 12.9. The Labute approximate surface area is 82.5 Å². The van der Waals surface area contributed by atoms with E-state index in [2.05, 4.69) is 0 Å². The van der Waals surface area contributed by atoms with Crippen LogP contribution >= 0.6 is 0 Å². The molecule has 0 atom stereocenters. The van der Waals surface area contributed by atoms with Crippen molar-refractivity contribution >= 4 is 0 Å². The van der Waals surface area contributed by atoms with E-state index in [9.17, 15) is 5.11 Å². The predicted molar refractivity (Wildman–Crippen MR) is 56.0 cm³/mol. The molecule has 0 bridgehead atoms. The van der Waals surface area contributed by atoms with Crippen molar-refractivity contribution in [3.05, 3.63) is 0 Å². The molecule has 0 aromatic rings. The first-order valence-electron chi connectivity index (χ1n) is 5.35. The number of hydrogen-bond acceptors (Lipinski definition) is 1. The van der Waals surface area contributed by atoms with Gasteiger partial charge >= 0.3 is 0 Å². The summed E-state index contributed by atoms with van der Waals surface area (Å²) in [5, 5.41) is 12.3. The second-order valence-electron chi connectivity index (χ2n) is 4.51. The van der Waals surface area contributed by atoms with Crippen molar-refractivity contribution in [2.75, 3.05) is 6.54 Å². The summed E-state index contributed by atoms with van der Waals surface area (Å²) in [6, 6.07) is 0. The Bertz CT molecular complexity index is 124. The lowest BCUT2D eigenvalue weighted by molar-refractivity contribution is -0.110. The highest BCUT2D eigenvalue weighted by atomic mass is 16.3. The van der Waals surface area contributed by atoms with Gasteiger partial charge in [-0.1, -0.05) is 27.7 Å². The van der Waals surface area contributed by atoms with E-state index in [0.717, 1.165) is 19.3 Å². The molecule has 0 spiro atoms. The first-order chi connectivity index (χ1) is 5.95. The Morgan fingerprint density at radius 2 is 1.54 bits per heavy atom. The van der Waals surface area contributed by atoms with Gasteiger partial charge in [-0.3, -0.25) is 0 Å². The summed E-state index contributed by atoms with van der Waals surface area (Å²) in [4.78, 5) is 0. The molecular formula is C11H24NO. The predicted octanol–water partition coefficient (Wildman–Crippen LogP) is 2.60. The van der Waals surface area contributed by atoms with Crippen molar-refractivity contribution < 1.29 is 5.11 Å². The van der Waals surface area contributed by atoms with E-state index in [-0.39, 0.29) is 11.8 Å². The van der Waals surface area contributed by atoms with Crippen molar-refractivity contribution in [3.63, 3.8) is 0 Å². The summed E-state index contributed by atoms with van der Waals surface area (Å²) in [7, 11) is 0. The van der Waals surface area contributed by atoms with Gasteiger partial charge in [0.15, 0.2) is 0 Å². The molecule has 0 saturated heterocycles. The first-order valence-corrected chi connectivity index (χ1v) is 5.35. The van der Waals surface area contributed by atoms with Crippen LogP contribution in [0.25, 0.3) is 0 Å². The lowest BCUT2D eigenvalue weighted by Gasteiger charge is -2.33. The molecule has 0 amide bonds. The Hall–Kier alpha value is -0.0800. The van der Waals surface area contributed by atoms with E-state index in [1.165, 1.54) is 0 Å². The number of hydrogen-bond donors (Lipinski definition) is 1. The van der Waals surface area contributed by atoms with Crippen LogP contribution in [-0.4, -0.2) is 12.1 Å². The fourth-order valence-electron chi connectivity index (χ4n) is 1.79. The van der Waals surface area contributed by atoms with Crippen LogP contribution in [0.4, 0.5) is 0 Å². The summed E-state index contributed by atoms with van der Waals surface area (Å²) in [5.41, 5.74) is 4.65. The van der Waals surface area contributed by atoms with Gasteiger partial charge in [-0.05, 0) is 37.6 Å². The third-order valence-electron chi connectivity index (χ3n) is 2.98. The molecule has 0 heterocycles. The molecule has 79 valence electrons. The lowest BCUT2D eigenvalue weighted by atomic mass is 9.77. The number of unbranched alkanes of at least 4 members (excludes halogenated alkanes) is 1. The van der Waals surface area contributed by atoms with Crippen LogP contribution in [0.2, 0.25) is 0 Å². The van der Waals surface area contributed by atoms with E-state index >= 15 is 0 Å². The molecule has 0 fully saturated rings.